The van der Waals surface area contributed by atoms with Gasteiger partial charge in [-0.25, -0.2) is 0 Å². The molecule has 0 radical (unpaired) electrons. The van der Waals surface area contributed by atoms with Crippen LogP contribution in [0.4, 0.5) is 0 Å². The van der Waals surface area contributed by atoms with Gasteiger partial charge in [-0.05, 0) is 37.7 Å². The first-order valence-corrected chi connectivity index (χ1v) is 5.24. The van der Waals surface area contributed by atoms with Gasteiger partial charge in [-0.1, -0.05) is 13.0 Å². The minimum atomic E-state index is 0.917. The number of pyridine rings is 1. The second kappa shape index (κ2) is 7.47. The first-order chi connectivity index (χ1) is 6.93. The molecule has 1 rings (SSSR count). The van der Waals surface area contributed by atoms with Crippen LogP contribution < -0.4 is 10.6 Å². The van der Waals surface area contributed by atoms with Crippen LogP contribution >= 0.6 is 0 Å². The van der Waals surface area contributed by atoms with Crippen LogP contribution in [0.25, 0.3) is 0 Å². The second-order valence-corrected chi connectivity index (χ2v) is 3.25. The summed E-state index contributed by atoms with van der Waals surface area (Å²) in [5.74, 6) is 0. The summed E-state index contributed by atoms with van der Waals surface area (Å²) in [6, 6.07) is 4.06. The number of hydrogen-bond acceptors (Lipinski definition) is 3. The largest absolute Gasteiger partial charge is 0.317 e. The van der Waals surface area contributed by atoms with Crippen molar-refractivity contribution in [1.29, 1.82) is 0 Å². The van der Waals surface area contributed by atoms with Gasteiger partial charge >= 0.3 is 0 Å². The Hall–Kier alpha value is -0.930. The van der Waals surface area contributed by atoms with Crippen molar-refractivity contribution in [3.8, 4) is 0 Å². The molecule has 0 atom stereocenters. The molecular formula is C11H19N3. The number of rotatable bonds is 7. The number of hydrogen-bond donors (Lipinski definition) is 2. The molecule has 0 saturated carbocycles. The van der Waals surface area contributed by atoms with Crippen LogP contribution in [0.2, 0.25) is 0 Å². The lowest BCUT2D eigenvalue weighted by Gasteiger charge is -2.04. The highest BCUT2D eigenvalue weighted by atomic mass is 14.9. The van der Waals surface area contributed by atoms with Gasteiger partial charge in [0.2, 0.25) is 0 Å². The summed E-state index contributed by atoms with van der Waals surface area (Å²) in [5.41, 5.74) is 1.25. The first kappa shape index (κ1) is 11.1. The van der Waals surface area contributed by atoms with Crippen molar-refractivity contribution in [3.63, 3.8) is 0 Å². The molecule has 0 amide bonds. The van der Waals surface area contributed by atoms with E-state index in [1.54, 1.807) is 6.20 Å². The Morgan fingerprint density at radius 3 is 2.86 bits per heavy atom. The molecule has 3 heteroatoms. The van der Waals surface area contributed by atoms with Crippen LogP contribution in [0.3, 0.4) is 0 Å². The lowest BCUT2D eigenvalue weighted by Crippen LogP contribution is -2.21. The van der Waals surface area contributed by atoms with E-state index in [1.165, 1.54) is 12.0 Å². The molecule has 1 heterocycles. The predicted octanol–water partition coefficient (Wildman–Crippen LogP) is 1.17. The van der Waals surface area contributed by atoms with Crippen LogP contribution in [0.1, 0.15) is 18.9 Å². The minimum absolute atomic E-state index is 0.917. The zero-order valence-corrected chi connectivity index (χ0v) is 8.79. The highest BCUT2D eigenvalue weighted by molar-refractivity contribution is 5.07. The van der Waals surface area contributed by atoms with Crippen LogP contribution in [0.5, 0.6) is 0 Å². The molecule has 0 bridgehead atoms. The van der Waals surface area contributed by atoms with Gasteiger partial charge < -0.3 is 10.6 Å². The molecule has 0 aliphatic carbocycles. The average Bonchev–Trinajstić information content (AvgIpc) is 2.25. The maximum Gasteiger partial charge on any atom is 0.0312 e. The minimum Gasteiger partial charge on any atom is -0.317 e. The van der Waals surface area contributed by atoms with Gasteiger partial charge in [0.05, 0.1) is 0 Å². The van der Waals surface area contributed by atoms with E-state index in [4.69, 9.17) is 0 Å². The summed E-state index contributed by atoms with van der Waals surface area (Å²) >= 11 is 0. The molecular weight excluding hydrogens is 174 g/mol. The molecule has 0 aliphatic rings. The zero-order chi connectivity index (χ0) is 10.1. The number of nitrogens with zero attached hydrogens (tertiary/aromatic N) is 1. The third-order valence-electron chi connectivity index (χ3n) is 2.01. The molecule has 14 heavy (non-hydrogen) atoms. The maximum atomic E-state index is 4.06. The predicted molar refractivity (Wildman–Crippen MR) is 59.1 cm³/mol. The standard InChI is InChI=1S/C11H19N3/c1-2-12-7-4-8-14-10-11-5-3-6-13-9-11/h3,5-6,9,12,14H,2,4,7-8,10H2,1H3. The van der Waals surface area contributed by atoms with Gasteiger partial charge in [0, 0.05) is 18.9 Å². The Balaban J connectivity index is 1.99. The van der Waals surface area contributed by atoms with E-state index in [2.05, 4.69) is 28.6 Å². The van der Waals surface area contributed by atoms with E-state index >= 15 is 0 Å². The molecule has 0 spiro atoms. The van der Waals surface area contributed by atoms with E-state index < -0.39 is 0 Å². The monoisotopic (exact) mass is 193 g/mol. The van der Waals surface area contributed by atoms with Crippen molar-refractivity contribution in [1.82, 2.24) is 15.6 Å². The highest BCUT2D eigenvalue weighted by Crippen LogP contribution is 1.93. The van der Waals surface area contributed by atoms with Gasteiger partial charge in [-0.3, -0.25) is 4.98 Å². The van der Waals surface area contributed by atoms with Crippen molar-refractivity contribution in [2.75, 3.05) is 19.6 Å². The molecule has 1 aromatic rings. The Bertz CT molecular complexity index is 223. The van der Waals surface area contributed by atoms with Gasteiger partial charge in [-0.2, -0.15) is 0 Å². The maximum absolute atomic E-state index is 4.06. The van der Waals surface area contributed by atoms with Crippen molar-refractivity contribution in [2.45, 2.75) is 19.9 Å². The lowest BCUT2D eigenvalue weighted by molar-refractivity contribution is 0.605. The van der Waals surface area contributed by atoms with Crippen molar-refractivity contribution in [2.24, 2.45) is 0 Å². The summed E-state index contributed by atoms with van der Waals surface area (Å²) < 4.78 is 0. The van der Waals surface area contributed by atoms with Crippen LogP contribution in [-0.4, -0.2) is 24.6 Å². The SMILES string of the molecule is CCNCCCNCc1cccnc1. The Morgan fingerprint density at radius 2 is 2.14 bits per heavy atom. The third kappa shape index (κ3) is 4.94. The van der Waals surface area contributed by atoms with E-state index in [1.807, 2.05) is 12.3 Å². The first-order valence-electron chi connectivity index (χ1n) is 5.24. The average molecular weight is 193 g/mol. The quantitative estimate of drug-likeness (QED) is 0.638. The topological polar surface area (TPSA) is 37.0 Å². The third-order valence-corrected chi connectivity index (χ3v) is 2.01. The molecule has 0 fully saturated rings. The van der Waals surface area contributed by atoms with Crippen LogP contribution in [0.15, 0.2) is 24.5 Å². The smallest absolute Gasteiger partial charge is 0.0312 e. The molecule has 78 valence electrons. The Kier molecular flexibility index (Phi) is 5.95. The van der Waals surface area contributed by atoms with E-state index in [9.17, 15) is 0 Å². The fourth-order valence-electron chi connectivity index (χ4n) is 1.25. The van der Waals surface area contributed by atoms with Gasteiger partial charge in [0.1, 0.15) is 0 Å². The van der Waals surface area contributed by atoms with Crippen molar-refractivity contribution in [3.05, 3.63) is 30.1 Å². The van der Waals surface area contributed by atoms with Gasteiger partial charge in [-0.15, -0.1) is 0 Å². The van der Waals surface area contributed by atoms with Crippen molar-refractivity contribution < 1.29 is 0 Å². The Morgan fingerprint density at radius 1 is 1.29 bits per heavy atom. The Labute approximate surface area is 85.9 Å². The van der Waals surface area contributed by atoms with E-state index in [0.29, 0.717) is 0 Å². The summed E-state index contributed by atoms with van der Waals surface area (Å²) in [6.45, 7) is 6.25. The van der Waals surface area contributed by atoms with Crippen LogP contribution in [0, 0.1) is 0 Å². The second-order valence-electron chi connectivity index (χ2n) is 3.25. The van der Waals surface area contributed by atoms with E-state index in [-0.39, 0.29) is 0 Å². The molecule has 1 aromatic heterocycles. The fraction of sp³-hybridized carbons (Fsp3) is 0.545. The van der Waals surface area contributed by atoms with Crippen LogP contribution in [-0.2, 0) is 6.54 Å². The molecule has 2 N–H and O–H groups in total. The summed E-state index contributed by atoms with van der Waals surface area (Å²) in [7, 11) is 0. The molecule has 3 nitrogen and oxygen atoms in total. The molecule has 0 saturated heterocycles. The number of nitrogens with one attached hydrogen (secondary N) is 2. The zero-order valence-electron chi connectivity index (χ0n) is 8.79. The fourth-order valence-corrected chi connectivity index (χ4v) is 1.25. The van der Waals surface area contributed by atoms with Crippen molar-refractivity contribution >= 4 is 0 Å². The molecule has 0 unspecified atom stereocenters. The summed E-state index contributed by atoms with van der Waals surface area (Å²) in [5, 5.41) is 6.68. The van der Waals surface area contributed by atoms with E-state index in [0.717, 1.165) is 26.2 Å². The normalized spacial score (nSPS) is 10.4. The van der Waals surface area contributed by atoms with Gasteiger partial charge in [0.25, 0.3) is 0 Å². The molecule has 0 aliphatic heterocycles. The lowest BCUT2D eigenvalue weighted by atomic mass is 10.3. The summed E-state index contributed by atoms with van der Waals surface area (Å²) in [6.07, 6.45) is 4.88. The molecule has 0 aromatic carbocycles. The van der Waals surface area contributed by atoms with Gasteiger partial charge in [0.15, 0.2) is 0 Å². The highest BCUT2D eigenvalue weighted by Gasteiger charge is 1.90. The summed E-state index contributed by atoms with van der Waals surface area (Å²) in [4.78, 5) is 4.06. The number of aromatic nitrogens is 1.